The smallest absolute Gasteiger partial charge is 0.286 e. The minimum atomic E-state index is 0.140. The van der Waals surface area contributed by atoms with E-state index in [0.29, 0.717) is 12.5 Å². The van der Waals surface area contributed by atoms with Crippen LogP contribution in [0.1, 0.15) is 13.8 Å². The fourth-order valence-electron chi connectivity index (χ4n) is 2.60. The number of quaternary nitrogens is 1. The average Bonchev–Trinajstić information content (AvgIpc) is 2.52. The number of carbonyl (C=O) groups excluding carboxylic acids is 1. The Morgan fingerprint density at radius 3 is 2.14 bits per heavy atom. The Morgan fingerprint density at radius 1 is 1.05 bits per heavy atom. The van der Waals surface area contributed by atoms with Gasteiger partial charge in [-0.15, -0.1) is 0 Å². The second kappa shape index (κ2) is 6.55. The molecule has 0 saturated heterocycles. The molecule has 2 aromatic rings. The first kappa shape index (κ1) is 15.1. The van der Waals surface area contributed by atoms with Crippen LogP contribution in [0.3, 0.4) is 0 Å². The van der Waals surface area contributed by atoms with Crippen molar-refractivity contribution in [2.45, 2.75) is 23.6 Å². The summed E-state index contributed by atoms with van der Waals surface area (Å²) in [6.45, 7) is 5.79. The maximum Gasteiger partial charge on any atom is 0.286 e. The van der Waals surface area contributed by atoms with Crippen molar-refractivity contribution in [3.05, 3.63) is 48.5 Å². The molecule has 2 N–H and O–H groups in total. The van der Waals surface area contributed by atoms with Gasteiger partial charge in [-0.1, -0.05) is 49.9 Å². The van der Waals surface area contributed by atoms with Crippen molar-refractivity contribution in [3.63, 3.8) is 0 Å². The first-order valence-electron chi connectivity index (χ1n) is 7.67. The van der Waals surface area contributed by atoms with Gasteiger partial charge >= 0.3 is 0 Å². The van der Waals surface area contributed by atoms with E-state index in [0.717, 1.165) is 27.7 Å². The molecule has 0 spiro atoms. The molecule has 0 atom stereocenters. The zero-order chi connectivity index (χ0) is 15.5. The van der Waals surface area contributed by atoms with Crippen LogP contribution in [-0.4, -0.2) is 19.0 Å². The molecule has 0 aromatic heterocycles. The number of carbonyl (C=O) groups is 1. The number of nitrogens with zero attached hydrogens (tertiary/aromatic N) is 1. The van der Waals surface area contributed by atoms with Gasteiger partial charge in [-0.25, -0.2) is 0 Å². The number of nitrogens with two attached hydrogens (primary N) is 1. The summed E-state index contributed by atoms with van der Waals surface area (Å²) in [7, 11) is 0. The zero-order valence-electron chi connectivity index (χ0n) is 13.0. The number of hydrogen-bond acceptors (Lipinski definition) is 2. The van der Waals surface area contributed by atoms with E-state index in [-0.39, 0.29) is 5.91 Å². The lowest BCUT2D eigenvalue weighted by Crippen LogP contribution is -2.87. The number of rotatable bonds is 4. The molecule has 0 unspecified atom stereocenters. The molecule has 0 bridgehead atoms. The molecule has 22 heavy (non-hydrogen) atoms. The summed E-state index contributed by atoms with van der Waals surface area (Å²) in [4.78, 5) is 16.9. The van der Waals surface area contributed by atoms with Crippen LogP contribution in [0.15, 0.2) is 58.3 Å². The van der Waals surface area contributed by atoms with Crippen LogP contribution >= 0.6 is 11.8 Å². The van der Waals surface area contributed by atoms with Gasteiger partial charge in [0, 0.05) is 15.7 Å². The summed E-state index contributed by atoms with van der Waals surface area (Å²) >= 11 is 1.73. The molecule has 0 aliphatic carbocycles. The quantitative estimate of drug-likeness (QED) is 0.942. The second-order valence-corrected chi connectivity index (χ2v) is 6.97. The minimum absolute atomic E-state index is 0.140. The van der Waals surface area contributed by atoms with Crippen molar-refractivity contribution >= 4 is 29.0 Å². The van der Waals surface area contributed by atoms with Crippen LogP contribution in [-0.2, 0) is 4.79 Å². The van der Waals surface area contributed by atoms with Crippen LogP contribution < -0.4 is 10.2 Å². The molecular formula is C18H21N2OS+. The summed E-state index contributed by atoms with van der Waals surface area (Å²) in [5, 5.41) is 2.10. The van der Waals surface area contributed by atoms with Gasteiger partial charge in [-0.3, -0.25) is 9.69 Å². The highest BCUT2D eigenvalue weighted by Gasteiger charge is 2.28. The summed E-state index contributed by atoms with van der Waals surface area (Å²) < 4.78 is 0. The van der Waals surface area contributed by atoms with E-state index in [2.05, 4.69) is 31.3 Å². The zero-order valence-corrected chi connectivity index (χ0v) is 13.8. The third-order valence-corrected chi connectivity index (χ3v) is 4.77. The van der Waals surface area contributed by atoms with Crippen LogP contribution in [0.2, 0.25) is 0 Å². The SMILES string of the molecule is CC(C)C[NH2+]CC(=O)N1c2ccccc2Sc2ccccc21. The van der Waals surface area contributed by atoms with Crippen LogP contribution in [0, 0.1) is 5.92 Å². The molecule has 114 valence electrons. The van der Waals surface area contributed by atoms with Crippen LogP contribution in [0.25, 0.3) is 0 Å². The topological polar surface area (TPSA) is 36.9 Å². The number of hydrogen-bond donors (Lipinski definition) is 1. The molecule has 1 heterocycles. The van der Waals surface area contributed by atoms with E-state index < -0.39 is 0 Å². The summed E-state index contributed by atoms with van der Waals surface area (Å²) in [6.07, 6.45) is 0. The van der Waals surface area contributed by atoms with E-state index in [1.807, 2.05) is 41.3 Å². The minimum Gasteiger partial charge on any atom is -0.338 e. The molecule has 0 fully saturated rings. The number of amides is 1. The van der Waals surface area contributed by atoms with Gasteiger partial charge in [-0.05, 0) is 24.3 Å². The van der Waals surface area contributed by atoms with Crippen molar-refractivity contribution in [3.8, 4) is 0 Å². The highest BCUT2D eigenvalue weighted by molar-refractivity contribution is 7.99. The van der Waals surface area contributed by atoms with Crippen molar-refractivity contribution in [1.82, 2.24) is 0 Å². The van der Waals surface area contributed by atoms with Crippen molar-refractivity contribution < 1.29 is 10.1 Å². The fraction of sp³-hybridized carbons (Fsp3) is 0.278. The maximum absolute atomic E-state index is 12.8. The Hall–Kier alpha value is -1.78. The van der Waals surface area contributed by atoms with Gasteiger partial charge in [0.05, 0.1) is 17.9 Å². The number of benzene rings is 2. The maximum atomic E-state index is 12.8. The normalized spacial score (nSPS) is 13.0. The average molecular weight is 313 g/mol. The van der Waals surface area contributed by atoms with Gasteiger partial charge in [0.2, 0.25) is 0 Å². The molecule has 0 radical (unpaired) electrons. The van der Waals surface area contributed by atoms with Gasteiger partial charge in [0.25, 0.3) is 5.91 Å². The van der Waals surface area contributed by atoms with E-state index in [1.54, 1.807) is 11.8 Å². The number of anilines is 2. The number of fused-ring (bicyclic) bond motifs is 2. The Kier molecular flexibility index (Phi) is 4.50. The van der Waals surface area contributed by atoms with Crippen LogP contribution in [0.5, 0.6) is 0 Å². The molecule has 2 aromatic carbocycles. The Balaban J connectivity index is 1.91. The summed E-state index contributed by atoms with van der Waals surface area (Å²) in [6, 6.07) is 16.2. The van der Waals surface area contributed by atoms with E-state index in [9.17, 15) is 4.79 Å². The van der Waals surface area contributed by atoms with Crippen LogP contribution in [0.4, 0.5) is 11.4 Å². The van der Waals surface area contributed by atoms with E-state index in [4.69, 9.17) is 0 Å². The van der Waals surface area contributed by atoms with Crippen molar-refractivity contribution in [2.75, 3.05) is 18.0 Å². The Bertz CT molecular complexity index is 639. The molecule has 3 nitrogen and oxygen atoms in total. The van der Waals surface area contributed by atoms with E-state index >= 15 is 0 Å². The third kappa shape index (κ3) is 3.03. The highest BCUT2D eigenvalue weighted by Crippen LogP contribution is 2.47. The lowest BCUT2D eigenvalue weighted by atomic mass is 10.2. The number of para-hydroxylation sites is 2. The molecule has 0 saturated carbocycles. The van der Waals surface area contributed by atoms with Crippen molar-refractivity contribution in [2.24, 2.45) is 5.92 Å². The largest absolute Gasteiger partial charge is 0.338 e. The molecule has 1 aliphatic rings. The van der Waals surface area contributed by atoms with Gasteiger partial charge in [-0.2, -0.15) is 0 Å². The first-order valence-corrected chi connectivity index (χ1v) is 8.49. The standard InChI is InChI=1S/C18H20N2OS/c1-13(2)11-19-12-18(21)20-14-7-3-5-9-16(14)22-17-10-6-4-8-15(17)20/h3-10,13,19H,11-12H2,1-2H3/p+1. The monoisotopic (exact) mass is 313 g/mol. The lowest BCUT2D eigenvalue weighted by molar-refractivity contribution is -0.648. The van der Waals surface area contributed by atoms with E-state index in [1.165, 1.54) is 0 Å². The molecule has 1 amide bonds. The third-order valence-electron chi connectivity index (χ3n) is 3.64. The van der Waals surface area contributed by atoms with Crippen molar-refractivity contribution in [1.29, 1.82) is 0 Å². The summed E-state index contributed by atoms with van der Waals surface area (Å²) in [5.74, 6) is 0.727. The van der Waals surface area contributed by atoms with Gasteiger partial charge in [0.1, 0.15) is 0 Å². The lowest BCUT2D eigenvalue weighted by Gasteiger charge is -2.30. The molecule has 3 rings (SSSR count). The summed E-state index contributed by atoms with van der Waals surface area (Å²) in [5.41, 5.74) is 1.99. The van der Waals surface area contributed by atoms with Gasteiger partial charge in [0.15, 0.2) is 6.54 Å². The predicted molar refractivity (Wildman–Crippen MR) is 90.7 cm³/mol. The highest BCUT2D eigenvalue weighted by atomic mass is 32.2. The fourth-order valence-corrected chi connectivity index (χ4v) is 3.66. The molecule has 1 aliphatic heterocycles. The van der Waals surface area contributed by atoms with Gasteiger partial charge < -0.3 is 5.32 Å². The molecular weight excluding hydrogens is 292 g/mol. The Labute approximate surface area is 135 Å². The Morgan fingerprint density at radius 2 is 1.59 bits per heavy atom. The second-order valence-electron chi connectivity index (χ2n) is 5.89. The predicted octanol–water partition coefficient (Wildman–Crippen LogP) is 3.04. The molecule has 4 heteroatoms. The first-order chi connectivity index (χ1) is 10.7.